The first-order chi connectivity index (χ1) is 5.66. The van der Waals surface area contributed by atoms with Crippen LogP contribution in [0.4, 0.5) is 0 Å². The fraction of sp³-hybridized carbons (Fsp3) is 0.200. The van der Waals surface area contributed by atoms with Crippen molar-refractivity contribution in [2.75, 3.05) is 0 Å². The van der Waals surface area contributed by atoms with Gasteiger partial charge in [0.2, 0.25) is 0 Å². The SMILES string of the molecule is C/C=C\C1=C(C)C(=O)C=CC1=O. The van der Waals surface area contributed by atoms with Gasteiger partial charge in [-0.15, -0.1) is 0 Å². The summed E-state index contributed by atoms with van der Waals surface area (Å²) in [7, 11) is 0. The van der Waals surface area contributed by atoms with E-state index in [4.69, 9.17) is 0 Å². The molecule has 12 heavy (non-hydrogen) atoms. The van der Waals surface area contributed by atoms with Crippen LogP contribution in [-0.2, 0) is 9.59 Å². The first-order valence-corrected chi connectivity index (χ1v) is 3.77. The fourth-order valence-electron chi connectivity index (χ4n) is 1.06. The summed E-state index contributed by atoms with van der Waals surface area (Å²) in [6, 6.07) is 0. The van der Waals surface area contributed by atoms with Gasteiger partial charge in [0.1, 0.15) is 0 Å². The van der Waals surface area contributed by atoms with Gasteiger partial charge in [0.05, 0.1) is 0 Å². The van der Waals surface area contributed by atoms with Gasteiger partial charge in [0, 0.05) is 11.1 Å². The molecule has 0 aromatic rings. The molecule has 2 nitrogen and oxygen atoms in total. The largest absolute Gasteiger partial charge is 0.290 e. The summed E-state index contributed by atoms with van der Waals surface area (Å²) < 4.78 is 0. The lowest BCUT2D eigenvalue weighted by Crippen LogP contribution is -2.10. The van der Waals surface area contributed by atoms with Crippen LogP contribution in [-0.4, -0.2) is 11.6 Å². The van der Waals surface area contributed by atoms with Crippen LogP contribution in [0.5, 0.6) is 0 Å². The molecule has 1 aliphatic carbocycles. The number of hydrogen-bond acceptors (Lipinski definition) is 2. The second-order valence-corrected chi connectivity index (χ2v) is 2.60. The Morgan fingerprint density at radius 3 is 2.33 bits per heavy atom. The first kappa shape index (κ1) is 8.65. The average Bonchev–Trinajstić information content (AvgIpc) is 2.06. The molecule has 0 spiro atoms. The highest BCUT2D eigenvalue weighted by Crippen LogP contribution is 2.14. The van der Waals surface area contributed by atoms with Crippen LogP contribution in [0.25, 0.3) is 0 Å². The van der Waals surface area contributed by atoms with Crippen LogP contribution >= 0.6 is 0 Å². The van der Waals surface area contributed by atoms with E-state index in [9.17, 15) is 9.59 Å². The third-order valence-corrected chi connectivity index (χ3v) is 1.76. The molecule has 62 valence electrons. The Kier molecular flexibility index (Phi) is 2.38. The highest BCUT2D eigenvalue weighted by molar-refractivity contribution is 6.21. The topological polar surface area (TPSA) is 34.1 Å². The maximum absolute atomic E-state index is 11.2. The van der Waals surface area contributed by atoms with Crippen molar-refractivity contribution in [1.82, 2.24) is 0 Å². The quantitative estimate of drug-likeness (QED) is 0.548. The minimum Gasteiger partial charge on any atom is -0.290 e. The van der Waals surface area contributed by atoms with Crippen molar-refractivity contribution in [2.24, 2.45) is 0 Å². The standard InChI is InChI=1S/C10H10O2/c1-3-4-8-7(2)9(11)5-6-10(8)12/h3-6H,1-2H3/b4-3-. The van der Waals surface area contributed by atoms with E-state index in [1.165, 1.54) is 12.2 Å². The summed E-state index contributed by atoms with van der Waals surface area (Å²) in [5, 5.41) is 0. The van der Waals surface area contributed by atoms with Gasteiger partial charge in [-0.1, -0.05) is 12.2 Å². The van der Waals surface area contributed by atoms with Gasteiger partial charge in [0.15, 0.2) is 11.6 Å². The van der Waals surface area contributed by atoms with E-state index >= 15 is 0 Å². The van der Waals surface area contributed by atoms with E-state index in [0.29, 0.717) is 11.1 Å². The zero-order chi connectivity index (χ0) is 9.14. The first-order valence-electron chi connectivity index (χ1n) is 3.77. The van der Waals surface area contributed by atoms with E-state index in [2.05, 4.69) is 0 Å². The summed E-state index contributed by atoms with van der Waals surface area (Å²) in [5.74, 6) is -0.173. The second-order valence-electron chi connectivity index (χ2n) is 2.60. The van der Waals surface area contributed by atoms with Gasteiger partial charge in [-0.2, -0.15) is 0 Å². The van der Waals surface area contributed by atoms with Gasteiger partial charge >= 0.3 is 0 Å². The molecule has 0 bridgehead atoms. The normalized spacial score (nSPS) is 18.2. The summed E-state index contributed by atoms with van der Waals surface area (Å²) in [4.78, 5) is 22.3. The Balaban J connectivity index is 3.14. The Morgan fingerprint density at radius 2 is 1.75 bits per heavy atom. The lowest BCUT2D eigenvalue weighted by molar-refractivity contribution is -0.115. The molecule has 0 heterocycles. The van der Waals surface area contributed by atoms with E-state index in [1.54, 1.807) is 19.1 Å². The van der Waals surface area contributed by atoms with Crippen LogP contribution in [0.15, 0.2) is 35.5 Å². The molecule has 0 fully saturated rings. The Bertz CT molecular complexity index is 317. The smallest absolute Gasteiger partial charge is 0.186 e. The second kappa shape index (κ2) is 3.30. The lowest BCUT2D eigenvalue weighted by Gasteiger charge is -2.06. The predicted octanol–water partition coefficient (Wildman–Crippen LogP) is 1.59. The van der Waals surface area contributed by atoms with Crippen molar-refractivity contribution in [3.8, 4) is 0 Å². The summed E-state index contributed by atoms with van der Waals surface area (Å²) in [6.45, 7) is 3.48. The monoisotopic (exact) mass is 162 g/mol. The number of hydrogen-bond donors (Lipinski definition) is 0. The van der Waals surface area contributed by atoms with Crippen molar-refractivity contribution in [2.45, 2.75) is 13.8 Å². The number of carbonyl (C=O) groups is 2. The molecule has 2 heteroatoms. The van der Waals surface area contributed by atoms with Crippen molar-refractivity contribution in [3.63, 3.8) is 0 Å². The molecule has 1 aliphatic rings. The van der Waals surface area contributed by atoms with Crippen molar-refractivity contribution in [1.29, 1.82) is 0 Å². The molecule has 0 unspecified atom stereocenters. The predicted molar refractivity (Wildman–Crippen MR) is 46.7 cm³/mol. The fourth-order valence-corrected chi connectivity index (χ4v) is 1.06. The minimum absolute atomic E-state index is 0.0808. The third-order valence-electron chi connectivity index (χ3n) is 1.76. The average molecular weight is 162 g/mol. The maximum atomic E-state index is 11.2. The molecular weight excluding hydrogens is 152 g/mol. The molecule has 0 aliphatic heterocycles. The highest BCUT2D eigenvalue weighted by atomic mass is 16.1. The molecular formula is C10H10O2. The van der Waals surface area contributed by atoms with Crippen LogP contribution in [0, 0.1) is 0 Å². The molecule has 0 saturated heterocycles. The zero-order valence-electron chi connectivity index (χ0n) is 7.13. The van der Waals surface area contributed by atoms with E-state index < -0.39 is 0 Å². The summed E-state index contributed by atoms with van der Waals surface area (Å²) in [6.07, 6.45) is 6.04. The molecule has 1 rings (SSSR count). The van der Waals surface area contributed by atoms with Gasteiger partial charge in [-0.05, 0) is 26.0 Å². The van der Waals surface area contributed by atoms with Crippen LogP contribution < -0.4 is 0 Å². The Morgan fingerprint density at radius 1 is 1.17 bits per heavy atom. The van der Waals surface area contributed by atoms with Crippen molar-refractivity contribution >= 4 is 11.6 Å². The van der Waals surface area contributed by atoms with Gasteiger partial charge in [-0.3, -0.25) is 9.59 Å². The van der Waals surface area contributed by atoms with E-state index in [-0.39, 0.29) is 11.6 Å². The number of rotatable bonds is 1. The minimum atomic E-state index is -0.0924. The highest BCUT2D eigenvalue weighted by Gasteiger charge is 2.15. The maximum Gasteiger partial charge on any atom is 0.186 e. The Labute approximate surface area is 71.3 Å². The molecule has 0 saturated carbocycles. The van der Waals surface area contributed by atoms with Crippen LogP contribution in [0.2, 0.25) is 0 Å². The molecule has 0 amide bonds. The van der Waals surface area contributed by atoms with Crippen molar-refractivity contribution in [3.05, 3.63) is 35.5 Å². The molecule has 0 radical (unpaired) electrons. The Hall–Kier alpha value is -1.44. The molecule has 0 aromatic heterocycles. The third kappa shape index (κ3) is 1.42. The van der Waals surface area contributed by atoms with Crippen LogP contribution in [0.3, 0.4) is 0 Å². The van der Waals surface area contributed by atoms with Gasteiger partial charge in [0.25, 0.3) is 0 Å². The van der Waals surface area contributed by atoms with Gasteiger partial charge < -0.3 is 0 Å². The number of ketones is 2. The van der Waals surface area contributed by atoms with Crippen LogP contribution in [0.1, 0.15) is 13.8 Å². The van der Waals surface area contributed by atoms with E-state index in [0.717, 1.165) is 0 Å². The zero-order valence-corrected chi connectivity index (χ0v) is 7.13. The molecule has 0 N–H and O–H groups in total. The number of carbonyl (C=O) groups excluding carboxylic acids is 2. The molecule has 0 aromatic carbocycles. The van der Waals surface area contributed by atoms with Gasteiger partial charge in [-0.25, -0.2) is 0 Å². The summed E-state index contributed by atoms with van der Waals surface area (Å²) >= 11 is 0. The van der Waals surface area contributed by atoms with E-state index in [1.807, 2.05) is 6.92 Å². The number of allylic oxidation sites excluding steroid dienone is 6. The summed E-state index contributed by atoms with van der Waals surface area (Å²) in [5.41, 5.74) is 1.03. The molecule has 0 atom stereocenters. The lowest BCUT2D eigenvalue weighted by atomic mass is 9.96. The van der Waals surface area contributed by atoms with Crippen molar-refractivity contribution < 1.29 is 9.59 Å².